The summed E-state index contributed by atoms with van der Waals surface area (Å²) in [6.45, 7) is 2.56. The number of hydrogen-bond acceptors (Lipinski definition) is 4. The topological polar surface area (TPSA) is 96.9 Å². The third-order valence-electron chi connectivity index (χ3n) is 3.26. The van der Waals surface area contributed by atoms with Crippen LogP contribution in [-0.2, 0) is 9.53 Å². The molecule has 6 heteroatoms. The molecule has 18 heavy (non-hydrogen) atoms. The van der Waals surface area contributed by atoms with Crippen molar-refractivity contribution in [1.29, 1.82) is 0 Å². The molecule has 0 aliphatic heterocycles. The SMILES string of the molecule is CC(C(=O)NCCOC1CCCCC1)C(N)=NO. The number of oxime groups is 1. The van der Waals surface area contributed by atoms with Gasteiger partial charge in [0, 0.05) is 6.54 Å². The molecule has 0 spiro atoms. The molecule has 4 N–H and O–H groups in total. The van der Waals surface area contributed by atoms with Crippen molar-refractivity contribution in [3.8, 4) is 0 Å². The van der Waals surface area contributed by atoms with Crippen LogP contribution in [0.1, 0.15) is 39.0 Å². The Morgan fingerprint density at radius 3 is 2.78 bits per heavy atom. The molecule has 104 valence electrons. The zero-order valence-corrected chi connectivity index (χ0v) is 10.9. The van der Waals surface area contributed by atoms with E-state index in [4.69, 9.17) is 15.7 Å². The Bertz CT molecular complexity index is 288. The van der Waals surface area contributed by atoms with Gasteiger partial charge in [-0.3, -0.25) is 4.79 Å². The van der Waals surface area contributed by atoms with Crippen LogP contribution < -0.4 is 11.1 Å². The summed E-state index contributed by atoms with van der Waals surface area (Å²) in [6, 6.07) is 0. The van der Waals surface area contributed by atoms with Crippen molar-refractivity contribution in [2.24, 2.45) is 16.8 Å². The van der Waals surface area contributed by atoms with Gasteiger partial charge in [0.25, 0.3) is 0 Å². The van der Waals surface area contributed by atoms with Gasteiger partial charge in [0.1, 0.15) is 0 Å². The van der Waals surface area contributed by atoms with Gasteiger partial charge >= 0.3 is 0 Å². The predicted molar refractivity (Wildman–Crippen MR) is 68.4 cm³/mol. The van der Waals surface area contributed by atoms with E-state index in [1.54, 1.807) is 6.92 Å². The Morgan fingerprint density at radius 2 is 2.17 bits per heavy atom. The number of amidine groups is 1. The van der Waals surface area contributed by atoms with E-state index in [2.05, 4.69) is 10.5 Å². The van der Waals surface area contributed by atoms with Crippen LogP contribution in [0.5, 0.6) is 0 Å². The van der Waals surface area contributed by atoms with Crippen molar-refractivity contribution in [2.45, 2.75) is 45.1 Å². The fraction of sp³-hybridized carbons (Fsp3) is 0.833. The molecular formula is C12H23N3O3. The molecule has 1 aliphatic carbocycles. The summed E-state index contributed by atoms with van der Waals surface area (Å²) >= 11 is 0. The summed E-state index contributed by atoms with van der Waals surface area (Å²) in [5.74, 6) is -0.956. The standard InChI is InChI=1S/C12H23N3O3/c1-9(11(13)15-17)12(16)14-7-8-18-10-5-3-2-4-6-10/h9-10,17H,2-8H2,1H3,(H2,13,15)(H,14,16). The average molecular weight is 257 g/mol. The number of nitrogens with zero attached hydrogens (tertiary/aromatic N) is 1. The number of ether oxygens (including phenoxy) is 1. The maximum atomic E-state index is 11.6. The number of carbonyl (C=O) groups is 1. The van der Waals surface area contributed by atoms with Crippen LogP contribution in [0.15, 0.2) is 5.16 Å². The van der Waals surface area contributed by atoms with Crippen LogP contribution in [-0.4, -0.2) is 36.2 Å². The van der Waals surface area contributed by atoms with Gasteiger partial charge in [-0.25, -0.2) is 0 Å². The van der Waals surface area contributed by atoms with E-state index >= 15 is 0 Å². The van der Waals surface area contributed by atoms with Gasteiger partial charge in [0.15, 0.2) is 5.84 Å². The highest BCUT2D eigenvalue weighted by atomic mass is 16.5. The molecule has 1 unspecified atom stereocenters. The molecule has 0 heterocycles. The lowest BCUT2D eigenvalue weighted by atomic mass is 9.98. The van der Waals surface area contributed by atoms with Crippen molar-refractivity contribution in [2.75, 3.05) is 13.2 Å². The first kappa shape index (κ1) is 14.8. The molecule has 0 aromatic carbocycles. The van der Waals surface area contributed by atoms with Crippen molar-refractivity contribution in [3.63, 3.8) is 0 Å². The van der Waals surface area contributed by atoms with Crippen LogP contribution in [0.25, 0.3) is 0 Å². The Kier molecular flexibility index (Phi) is 6.49. The smallest absolute Gasteiger partial charge is 0.230 e. The molecule has 0 aromatic heterocycles. The highest BCUT2D eigenvalue weighted by molar-refractivity contribution is 6.01. The van der Waals surface area contributed by atoms with Crippen LogP contribution in [0.2, 0.25) is 0 Å². The lowest BCUT2D eigenvalue weighted by Gasteiger charge is -2.22. The van der Waals surface area contributed by atoms with E-state index < -0.39 is 5.92 Å². The molecule has 1 saturated carbocycles. The summed E-state index contributed by atoms with van der Waals surface area (Å²) in [7, 11) is 0. The normalized spacial score (nSPS) is 19.5. The molecule has 0 saturated heterocycles. The van der Waals surface area contributed by atoms with Gasteiger partial charge in [-0.1, -0.05) is 24.4 Å². The highest BCUT2D eigenvalue weighted by Gasteiger charge is 2.17. The molecule has 1 amide bonds. The molecule has 1 aliphatic rings. The number of nitrogens with one attached hydrogen (secondary N) is 1. The van der Waals surface area contributed by atoms with E-state index in [1.165, 1.54) is 19.3 Å². The second kappa shape index (κ2) is 7.92. The van der Waals surface area contributed by atoms with E-state index in [1.807, 2.05) is 0 Å². The first-order chi connectivity index (χ1) is 8.65. The lowest BCUT2D eigenvalue weighted by molar-refractivity contribution is -0.123. The fourth-order valence-corrected chi connectivity index (χ4v) is 2.01. The van der Waals surface area contributed by atoms with Crippen molar-refractivity contribution in [1.82, 2.24) is 5.32 Å². The zero-order valence-electron chi connectivity index (χ0n) is 10.9. The molecule has 0 aromatic rings. The number of nitrogens with two attached hydrogens (primary N) is 1. The third-order valence-corrected chi connectivity index (χ3v) is 3.26. The first-order valence-electron chi connectivity index (χ1n) is 6.52. The van der Waals surface area contributed by atoms with E-state index in [9.17, 15) is 4.79 Å². The summed E-state index contributed by atoms with van der Waals surface area (Å²) in [5, 5.41) is 14.0. The maximum Gasteiger partial charge on any atom is 0.230 e. The van der Waals surface area contributed by atoms with Gasteiger partial charge in [-0.2, -0.15) is 0 Å². The molecule has 0 bridgehead atoms. The third kappa shape index (κ3) is 4.91. The molecule has 1 atom stereocenters. The van der Waals surface area contributed by atoms with Crippen LogP contribution in [0.4, 0.5) is 0 Å². The van der Waals surface area contributed by atoms with Crippen LogP contribution in [0, 0.1) is 5.92 Å². The van der Waals surface area contributed by atoms with E-state index in [0.29, 0.717) is 19.3 Å². The van der Waals surface area contributed by atoms with E-state index in [-0.39, 0.29) is 11.7 Å². The minimum Gasteiger partial charge on any atom is -0.409 e. The summed E-state index contributed by atoms with van der Waals surface area (Å²) in [6.07, 6.45) is 6.35. The number of rotatable bonds is 6. The second-order valence-corrected chi connectivity index (χ2v) is 4.67. The number of hydrogen-bond donors (Lipinski definition) is 3. The minimum atomic E-state index is -0.621. The zero-order chi connectivity index (χ0) is 13.4. The summed E-state index contributed by atoms with van der Waals surface area (Å²) < 4.78 is 5.67. The fourth-order valence-electron chi connectivity index (χ4n) is 2.01. The van der Waals surface area contributed by atoms with E-state index in [0.717, 1.165) is 12.8 Å². The van der Waals surface area contributed by atoms with Gasteiger partial charge in [-0.15, -0.1) is 0 Å². The van der Waals surface area contributed by atoms with Crippen molar-refractivity contribution in [3.05, 3.63) is 0 Å². The Morgan fingerprint density at radius 1 is 1.50 bits per heavy atom. The maximum absolute atomic E-state index is 11.6. The Labute approximate surface area is 108 Å². The number of carbonyl (C=O) groups excluding carboxylic acids is 1. The predicted octanol–water partition coefficient (Wildman–Crippen LogP) is 0.834. The molecule has 1 fully saturated rings. The minimum absolute atomic E-state index is 0.0827. The highest BCUT2D eigenvalue weighted by Crippen LogP contribution is 2.19. The second-order valence-electron chi connectivity index (χ2n) is 4.67. The van der Waals surface area contributed by atoms with Crippen molar-refractivity contribution >= 4 is 11.7 Å². The van der Waals surface area contributed by atoms with Gasteiger partial charge in [0.2, 0.25) is 5.91 Å². The summed E-state index contributed by atoms with van der Waals surface area (Å²) in [4.78, 5) is 11.6. The Hall–Kier alpha value is -1.30. The molecule has 6 nitrogen and oxygen atoms in total. The molecule has 0 radical (unpaired) electrons. The molecular weight excluding hydrogens is 234 g/mol. The monoisotopic (exact) mass is 257 g/mol. The molecule has 1 rings (SSSR count). The van der Waals surface area contributed by atoms with Gasteiger partial charge in [0.05, 0.1) is 18.6 Å². The van der Waals surface area contributed by atoms with Crippen LogP contribution >= 0.6 is 0 Å². The van der Waals surface area contributed by atoms with Crippen molar-refractivity contribution < 1.29 is 14.7 Å². The number of amides is 1. The largest absolute Gasteiger partial charge is 0.409 e. The first-order valence-corrected chi connectivity index (χ1v) is 6.52. The average Bonchev–Trinajstić information content (AvgIpc) is 2.42. The van der Waals surface area contributed by atoms with Crippen LogP contribution in [0.3, 0.4) is 0 Å². The lowest BCUT2D eigenvalue weighted by Crippen LogP contribution is -2.38. The van der Waals surface area contributed by atoms with Gasteiger partial charge in [-0.05, 0) is 19.8 Å². The quantitative estimate of drug-likeness (QED) is 0.216. The van der Waals surface area contributed by atoms with Gasteiger partial charge < -0.3 is 21.0 Å². The Balaban J connectivity index is 2.11. The summed E-state index contributed by atoms with van der Waals surface area (Å²) in [5.41, 5.74) is 5.35.